The lowest BCUT2D eigenvalue weighted by Gasteiger charge is -1.93. The lowest BCUT2D eigenvalue weighted by molar-refractivity contribution is 0.0631. The van der Waals surface area contributed by atoms with E-state index in [1.165, 1.54) is 11.1 Å². The summed E-state index contributed by atoms with van der Waals surface area (Å²) in [5.41, 5.74) is 2.74. The zero-order valence-electron chi connectivity index (χ0n) is 10.6. The van der Waals surface area contributed by atoms with Crippen LogP contribution in [-0.2, 0) is 0 Å². The van der Waals surface area contributed by atoms with Gasteiger partial charge in [0.15, 0.2) is 0 Å². The molecule has 0 aliphatic rings. The predicted octanol–water partition coefficient (Wildman–Crippen LogP) is 2.98. The van der Waals surface area contributed by atoms with Crippen LogP contribution in [0.4, 0.5) is 0 Å². The fourth-order valence-corrected chi connectivity index (χ4v) is 1.23. The second-order valence-electron chi connectivity index (χ2n) is 3.86. The van der Waals surface area contributed by atoms with Crippen molar-refractivity contribution in [1.29, 1.82) is 0 Å². The molecule has 1 heterocycles. The number of carboxylic acid groups (broad SMARTS) is 2. The third-order valence-corrected chi connectivity index (χ3v) is 2.45. The molecule has 5 nitrogen and oxygen atoms in total. The van der Waals surface area contributed by atoms with Gasteiger partial charge in [0.05, 0.1) is 0 Å². The van der Waals surface area contributed by atoms with Crippen molar-refractivity contribution >= 4 is 11.9 Å². The van der Waals surface area contributed by atoms with Crippen LogP contribution in [0.2, 0.25) is 0 Å². The van der Waals surface area contributed by atoms with Crippen LogP contribution in [0.5, 0.6) is 0 Å². The van der Waals surface area contributed by atoms with Crippen molar-refractivity contribution < 1.29 is 24.2 Å². The van der Waals surface area contributed by atoms with Crippen LogP contribution in [0.15, 0.2) is 40.8 Å². The van der Waals surface area contributed by atoms with Gasteiger partial charge in [0.25, 0.3) is 0 Å². The summed E-state index contributed by atoms with van der Waals surface area (Å²) >= 11 is 0. The van der Waals surface area contributed by atoms with E-state index in [1.807, 2.05) is 0 Å². The largest absolute Gasteiger partial charge is 0.475 e. The van der Waals surface area contributed by atoms with E-state index in [2.05, 4.69) is 42.5 Å². The van der Waals surface area contributed by atoms with Gasteiger partial charge in [-0.25, -0.2) is 9.59 Å². The second-order valence-corrected chi connectivity index (χ2v) is 3.86. The second kappa shape index (κ2) is 6.39. The Labute approximate surface area is 110 Å². The van der Waals surface area contributed by atoms with Crippen molar-refractivity contribution in [2.24, 2.45) is 0 Å². The molecule has 0 aliphatic carbocycles. The van der Waals surface area contributed by atoms with Crippen LogP contribution in [0.1, 0.15) is 32.2 Å². The van der Waals surface area contributed by atoms with Crippen molar-refractivity contribution in [1.82, 2.24) is 0 Å². The molecule has 0 atom stereocenters. The topological polar surface area (TPSA) is 87.7 Å². The molecule has 19 heavy (non-hydrogen) atoms. The first-order valence-electron chi connectivity index (χ1n) is 5.50. The Hall–Kier alpha value is -2.56. The number of aromatic carboxylic acids is 2. The van der Waals surface area contributed by atoms with E-state index in [-0.39, 0.29) is 11.5 Å². The first kappa shape index (κ1) is 14.5. The van der Waals surface area contributed by atoms with Gasteiger partial charge in [-0.3, -0.25) is 0 Å². The Kier molecular flexibility index (Phi) is 4.88. The number of benzene rings is 1. The minimum Gasteiger partial charge on any atom is -0.475 e. The fourth-order valence-electron chi connectivity index (χ4n) is 1.23. The smallest absolute Gasteiger partial charge is 0.371 e. The van der Waals surface area contributed by atoms with Gasteiger partial charge in [-0.1, -0.05) is 24.3 Å². The van der Waals surface area contributed by atoms with E-state index in [0.29, 0.717) is 0 Å². The van der Waals surface area contributed by atoms with Crippen LogP contribution in [0.3, 0.4) is 0 Å². The lowest BCUT2D eigenvalue weighted by atomic mass is 10.1. The number of carboxylic acids is 2. The molecule has 0 fully saturated rings. The average molecular weight is 262 g/mol. The number of hydrogen-bond acceptors (Lipinski definition) is 3. The Morgan fingerprint density at radius 1 is 0.842 bits per heavy atom. The summed E-state index contributed by atoms with van der Waals surface area (Å²) in [4.78, 5) is 20.3. The molecule has 2 rings (SSSR count). The molecule has 0 unspecified atom stereocenters. The zero-order chi connectivity index (χ0) is 14.4. The molecule has 1 aromatic heterocycles. The molecule has 1 aromatic carbocycles. The number of carbonyl (C=O) groups is 2. The first-order valence-corrected chi connectivity index (χ1v) is 5.50. The summed E-state index contributed by atoms with van der Waals surface area (Å²) < 4.78 is 4.41. The van der Waals surface area contributed by atoms with Gasteiger partial charge in [0.2, 0.25) is 11.5 Å². The minimum absolute atomic E-state index is 0.373. The third-order valence-electron chi connectivity index (χ3n) is 2.45. The normalized spacial score (nSPS) is 9.37. The highest BCUT2D eigenvalue weighted by Crippen LogP contribution is 2.06. The maximum atomic E-state index is 10.2. The molecule has 0 saturated heterocycles. The highest BCUT2D eigenvalue weighted by atomic mass is 16.4. The van der Waals surface area contributed by atoms with Gasteiger partial charge in [-0.05, 0) is 37.1 Å². The first-order chi connectivity index (χ1) is 8.91. The van der Waals surface area contributed by atoms with Crippen molar-refractivity contribution in [3.05, 3.63) is 59.0 Å². The third kappa shape index (κ3) is 4.31. The van der Waals surface area contributed by atoms with E-state index in [4.69, 9.17) is 10.2 Å². The molecule has 0 bridgehead atoms. The quantitative estimate of drug-likeness (QED) is 0.868. The molecule has 0 aliphatic heterocycles. The Balaban J connectivity index is 0.000000200. The molecule has 0 saturated carbocycles. The average Bonchev–Trinajstić information content (AvgIpc) is 2.83. The molecular weight excluding hydrogens is 248 g/mol. The molecule has 0 spiro atoms. The summed E-state index contributed by atoms with van der Waals surface area (Å²) in [6.07, 6.45) is 0. The van der Waals surface area contributed by atoms with Crippen molar-refractivity contribution in [2.75, 3.05) is 0 Å². The van der Waals surface area contributed by atoms with E-state index in [9.17, 15) is 9.59 Å². The highest BCUT2D eigenvalue weighted by molar-refractivity contribution is 5.88. The van der Waals surface area contributed by atoms with E-state index < -0.39 is 11.9 Å². The summed E-state index contributed by atoms with van der Waals surface area (Å²) in [5.74, 6) is -3.31. The zero-order valence-corrected chi connectivity index (χ0v) is 10.6. The van der Waals surface area contributed by atoms with Gasteiger partial charge >= 0.3 is 11.9 Å². The van der Waals surface area contributed by atoms with Gasteiger partial charge in [-0.15, -0.1) is 0 Å². The molecule has 100 valence electrons. The maximum Gasteiger partial charge on any atom is 0.371 e. The summed E-state index contributed by atoms with van der Waals surface area (Å²) in [7, 11) is 0. The SMILES string of the molecule is Cc1ccccc1C.O=C(O)c1ccc(C(=O)O)o1. The van der Waals surface area contributed by atoms with E-state index in [0.717, 1.165) is 12.1 Å². The highest BCUT2D eigenvalue weighted by Gasteiger charge is 2.12. The number of furan rings is 1. The van der Waals surface area contributed by atoms with Gasteiger partial charge in [0.1, 0.15) is 0 Å². The van der Waals surface area contributed by atoms with Crippen molar-refractivity contribution in [3.63, 3.8) is 0 Å². The van der Waals surface area contributed by atoms with Crippen LogP contribution < -0.4 is 0 Å². The van der Waals surface area contributed by atoms with Crippen LogP contribution in [-0.4, -0.2) is 22.2 Å². The predicted molar refractivity (Wildman–Crippen MR) is 68.5 cm³/mol. The van der Waals surface area contributed by atoms with Crippen LogP contribution in [0, 0.1) is 13.8 Å². The van der Waals surface area contributed by atoms with Gasteiger partial charge in [0, 0.05) is 0 Å². The van der Waals surface area contributed by atoms with E-state index in [1.54, 1.807) is 0 Å². The standard InChI is InChI=1S/C8H10.C6H4O5/c1-7-5-3-4-6-8(7)2;7-5(8)3-1-2-4(11-3)6(9)10/h3-6H,1-2H3;1-2H,(H,7,8)(H,9,10). The molecular formula is C14H14O5. The summed E-state index contributed by atoms with van der Waals surface area (Å²) in [6, 6.07) is 10.5. The maximum absolute atomic E-state index is 10.2. The molecule has 2 N–H and O–H groups in total. The molecule has 5 heteroatoms. The van der Waals surface area contributed by atoms with Crippen LogP contribution >= 0.6 is 0 Å². The van der Waals surface area contributed by atoms with Crippen LogP contribution in [0.25, 0.3) is 0 Å². The molecule has 2 aromatic rings. The molecule has 0 amide bonds. The molecule has 0 radical (unpaired) electrons. The van der Waals surface area contributed by atoms with E-state index >= 15 is 0 Å². The Morgan fingerprint density at radius 2 is 1.21 bits per heavy atom. The minimum atomic E-state index is -1.28. The Morgan fingerprint density at radius 3 is 1.42 bits per heavy atom. The van der Waals surface area contributed by atoms with Gasteiger partial charge in [-0.2, -0.15) is 0 Å². The van der Waals surface area contributed by atoms with Gasteiger partial charge < -0.3 is 14.6 Å². The monoisotopic (exact) mass is 262 g/mol. The summed E-state index contributed by atoms with van der Waals surface area (Å²) in [5, 5.41) is 16.6. The number of aryl methyl sites for hydroxylation is 2. The summed E-state index contributed by atoms with van der Waals surface area (Å²) in [6.45, 7) is 4.24. The van der Waals surface area contributed by atoms with Crippen molar-refractivity contribution in [2.45, 2.75) is 13.8 Å². The van der Waals surface area contributed by atoms with Crippen molar-refractivity contribution in [3.8, 4) is 0 Å². The lowest BCUT2D eigenvalue weighted by Crippen LogP contribution is -1.94. The fraction of sp³-hybridized carbons (Fsp3) is 0.143. The number of hydrogen-bond donors (Lipinski definition) is 2. The number of rotatable bonds is 2. The Bertz CT molecular complexity index is 534.